The Morgan fingerprint density at radius 2 is 1.65 bits per heavy atom. The van der Waals surface area contributed by atoms with Gasteiger partial charge in [-0.1, -0.05) is 25.4 Å². The highest BCUT2D eigenvalue weighted by Crippen LogP contribution is 2.26. The normalized spacial score (nSPS) is 13.3. The highest BCUT2D eigenvalue weighted by molar-refractivity contribution is 7.12. The van der Waals surface area contributed by atoms with Crippen molar-refractivity contribution in [2.75, 3.05) is 0 Å². The first-order valence-electron chi connectivity index (χ1n) is 8.62. The number of carbonyl (C=O) groups is 2. The molecule has 2 N–H and O–H groups in total. The van der Waals surface area contributed by atoms with Gasteiger partial charge < -0.3 is 10.6 Å². The maximum Gasteiger partial charge on any atom is 0.251 e. The van der Waals surface area contributed by atoms with Crippen LogP contribution in [-0.2, 0) is 4.79 Å². The average molecular weight is 393 g/mol. The molecular weight excluding hydrogens is 368 g/mol. The Hall–Kier alpha value is -1.85. The van der Waals surface area contributed by atoms with E-state index in [9.17, 15) is 9.59 Å². The van der Waals surface area contributed by atoms with E-state index in [4.69, 9.17) is 11.6 Å². The number of thiophene rings is 1. The largest absolute Gasteiger partial charge is 0.348 e. The van der Waals surface area contributed by atoms with Crippen LogP contribution in [0.4, 0.5) is 0 Å². The third-order valence-electron chi connectivity index (χ3n) is 4.25. The van der Waals surface area contributed by atoms with Crippen molar-refractivity contribution in [2.24, 2.45) is 5.92 Å². The summed E-state index contributed by atoms with van der Waals surface area (Å²) in [7, 11) is 0. The number of hydrogen-bond acceptors (Lipinski definition) is 3. The number of benzene rings is 1. The maximum atomic E-state index is 12.8. The summed E-state index contributed by atoms with van der Waals surface area (Å²) in [6.45, 7) is 9.90. The van der Waals surface area contributed by atoms with Crippen molar-refractivity contribution < 1.29 is 9.59 Å². The van der Waals surface area contributed by atoms with Crippen LogP contribution in [-0.4, -0.2) is 17.9 Å². The minimum absolute atomic E-state index is 0.0382. The zero-order chi connectivity index (χ0) is 19.4. The molecule has 2 amide bonds. The summed E-state index contributed by atoms with van der Waals surface area (Å²) in [5, 5.41) is 6.43. The van der Waals surface area contributed by atoms with Crippen LogP contribution in [0.15, 0.2) is 30.3 Å². The summed E-state index contributed by atoms with van der Waals surface area (Å²) in [6.07, 6.45) is 0. The lowest BCUT2D eigenvalue weighted by Crippen LogP contribution is -2.50. The molecular formula is C20H25ClN2O2S. The van der Waals surface area contributed by atoms with Gasteiger partial charge in [0.1, 0.15) is 6.04 Å². The molecule has 1 aromatic heterocycles. The van der Waals surface area contributed by atoms with Gasteiger partial charge in [-0.15, -0.1) is 11.3 Å². The van der Waals surface area contributed by atoms with Gasteiger partial charge in [0, 0.05) is 20.3 Å². The topological polar surface area (TPSA) is 58.2 Å². The molecule has 1 heterocycles. The van der Waals surface area contributed by atoms with E-state index in [1.54, 1.807) is 35.6 Å². The number of hydrogen-bond donors (Lipinski definition) is 2. The molecule has 140 valence electrons. The molecule has 0 fully saturated rings. The molecule has 26 heavy (non-hydrogen) atoms. The fourth-order valence-corrected chi connectivity index (χ4v) is 3.97. The van der Waals surface area contributed by atoms with E-state index in [1.165, 1.54) is 9.75 Å². The quantitative estimate of drug-likeness (QED) is 0.751. The molecule has 6 heteroatoms. The molecule has 0 radical (unpaired) electrons. The first-order valence-corrected chi connectivity index (χ1v) is 9.82. The Morgan fingerprint density at radius 3 is 2.15 bits per heavy atom. The van der Waals surface area contributed by atoms with Gasteiger partial charge in [0.05, 0.1) is 6.04 Å². The van der Waals surface area contributed by atoms with Crippen molar-refractivity contribution in [2.45, 2.75) is 46.7 Å². The number of halogens is 1. The van der Waals surface area contributed by atoms with E-state index in [1.807, 2.05) is 20.8 Å². The lowest BCUT2D eigenvalue weighted by Gasteiger charge is -2.24. The molecule has 0 saturated carbocycles. The first kappa shape index (κ1) is 20.5. The van der Waals surface area contributed by atoms with Crippen molar-refractivity contribution in [1.29, 1.82) is 0 Å². The fourth-order valence-electron chi connectivity index (χ4n) is 2.82. The van der Waals surface area contributed by atoms with Gasteiger partial charge in [-0.25, -0.2) is 0 Å². The number of amides is 2. The molecule has 4 nitrogen and oxygen atoms in total. The zero-order valence-corrected chi connectivity index (χ0v) is 17.3. The van der Waals surface area contributed by atoms with E-state index in [2.05, 4.69) is 30.5 Å². The molecule has 0 bridgehead atoms. The SMILES string of the molecule is Cc1cc([C@@H](C)NC(=O)[C@@H](NC(=O)c2ccc(Cl)cc2)C(C)C)c(C)s1. The molecule has 0 aliphatic carbocycles. The zero-order valence-electron chi connectivity index (χ0n) is 15.7. The van der Waals surface area contributed by atoms with Crippen LogP contribution in [0.3, 0.4) is 0 Å². The van der Waals surface area contributed by atoms with Gasteiger partial charge >= 0.3 is 0 Å². The maximum absolute atomic E-state index is 12.8. The minimum atomic E-state index is -0.610. The van der Waals surface area contributed by atoms with Gasteiger partial charge in [0.2, 0.25) is 5.91 Å². The highest BCUT2D eigenvalue weighted by Gasteiger charge is 2.26. The Bertz CT molecular complexity index is 784. The van der Waals surface area contributed by atoms with Crippen molar-refractivity contribution in [3.05, 3.63) is 56.2 Å². The summed E-state index contributed by atoms with van der Waals surface area (Å²) in [5.41, 5.74) is 1.59. The van der Waals surface area contributed by atoms with Crippen molar-refractivity contribution in [3.8, 4) is 0 Å². The molecule has 0 aliphatic heterocycles. The third-order valence-corrected chi connectivity index (χ3v) is 5.48. The molecule has 1 aromatic carbocycles. The van der Waals surface area contributed by atoms with Gasteiger partial charge in [-0.3, -0.25) is 9.59 Å². The Kier molecular flexibility index (Phi) is 6.84. The molecule has 0 spiro atoms. The van der Waals surface area contributed by atoms with Gasteiger partial charge in [0.15, 0.2) is 0 Å². The predicted molar refractivity (Wildman–Crippen MR) is 108 cm³/mol. The average Bonchev–Trinajstić information content (AvgIpc) is 2.91. The monoisotopic (exact) mass is 392 g/mol. The Labute approximate surface area is 164 Å². The predicted octanol–water partition coefficient (Wildman–Crippen LogP) is 4.65. The fraction of sp³-hybridized carbons (Fsp3) is 0.400. The van der Waals surface area contributed by atoms with Crippen LogP contribution in [0.25, 0.3) is 0 Å². The summed E-state index contributed by atoms with van der Waals surface area (Å²) in [5.74, 6) is -0.507. The van der Waals surface area contributed by atoms with Crippen LogP contribution >= 0.6 is 22.9 Å². The van der Waals surface area contributed by atoms with E-state index in [-0.39, 0.29) is 23.8 Å². The molecule has 2 rings (SSSR count). The van der Waals surface area contributed by atoms with Crippen LogP contribution in [0.1, 0.15) is 52.5 Å². The Morgan fingerprint density at radius 1 is 1.04 bits per heavy atom. The summed E-state index contributed by atoms with van der Waals surface area (Å²) >= 11 is 7.57. The second-order valence-corrected chi connectivity index (χ2v) is 8.70. The first-order chi connectivity index (χ1) is 12.2. The highest BCUT2D eigenvalue weighted by atomic mass is 35.5. The number of aryl methyl sites for hydroxylation is 2. The summed E-state index contributed by atoms with van der Waals surface area (Å²) in [6, 6.07) is 7.98. The van der Waals surface area contributed by atoms with Gasteiger partial charge in [-0.2, -0.15) is 0 Å². The number of carbonyl (C=O) groups excluding carboxylic acids is 2. The summed E-state index contributed by atoms with van der Waals surface area (Å²) in [4.78, 5) is 27.6. The van der Waals surface area contributed by atoms with Crippen LogP contribution in [0.5, 0.6) is 0 Å². The minimum Gasteiger partial charge on any atom is -0.348 e. The lowest BCUT2D eigenvalue weighted by atomic mass is 10.0. The number of rotatable bonds is 6. The third kappa shape index (κ3) is 5.08. The van der Waals surface area contributed by atoms with Crippen LogP contribution in [0.2, 0.25) is 5.02 Å². The number of nitrogens with one attached hydrogen (secondary N) is 2. The standard InChI is InChI=1S/C20H25ClN2O2S/c1-11(2)18(23-19(24)15-6-8-16(21)9-7-15)20(25)22-13(4)17-10-12(3)26-14(17)5/h6-11,13,18H,1-5H3,(H,22,25)(H,23,24)/t13-,18+/m1/s1. The van der Waals surface area contributed by atoms with Crippen molar-refractivity contribution in [1.82, 2.24) is 10.6 Å². The lowest BCUT2D eigenvalue weighted by molar-refractivity contribution is -0.124. The Balaban J connectivity index is 2.08. The molecule has 2 atom stereocenters. The van der Waals surface area contributed by atoms with Crippen LogP contribution in [0, 0.1) is 19.8 Å². The molecule has 0 saturated heterocycles. The van der Waals surface area contributed by atoms with E-state index in [0.717, 1.165) is 5.56 Å². The second-order valence-electron chi connectivity index (χ2n) is 6.80. The van der Waals surface area contributed by atoms with E-state index >= 15 is 0 Å². The van der Waals surface area contributed by atoms with Gasteiger partial charge in [-0.05, 0) is 62.6 Å². The molecule has 0 aliphatic rings. The van der Waals surface area contributed by atoms with E-state index < -0.39 is 6.04 Å². The second kappa shape index (κ2) is 8.69. The van der Waals surface area contributed by atoms with E-state index in [0.29, 0.717) is 10.6 Å². The molecule has 0 unspecified atom stereocenters. The van der Waals surface area contributed by atoms with Crippen LogP contribution < -0.4 is 10.6 Å². The smallest absolute Gasteiger partial charge is 0.251 e. The van der Waals surface area contributed by atoms with Crippen molar-refractivity contribution >= 4 is 34.8 Å². The van der Waals surface area contributed by atoms with Crippen molar-refractivity contribution in [3.63, 3.8) is 0 Å². The van der Waals surface area contributed by atoms with Gasteiger partial charge in [0.25, 0.3) is 5.91 Å². The summed E-state index contributed by atoms with van der Waals surface area (Å²) < 4.78 is 0. The molecule has 2 aromatic rings.